The van der Waals surface area contributed by atoms with Crippen molar-refractivity contribution in [3.05, 3.63) is 12.7 Å². The summed E-state index contributed by atoms with van der Waals surface area (Å²) in [5.74, 6) is 3.19. The van der Waals surface area contributed by atoms with Crippen molar-refractivity contribution in [1.29, 1.82) is 0 Å². The third-order valence-electron chi connectivity index (χ3n) is 3.95. The standard InChI is InChI=1S/C12H20/c1-2-5-10-8-9-11-6-3-4-7-12(10)11/h2,10-12H,1,3-9H2/t10-,11?,12?/m0/s1. The first kappa shape index (κ1) is 8.34. The van der Waals surface area contributed by atoms with Crippen molar-refractivity contribution >= 4 is 0 Å². The van der Waals surface area contributed by atoms with Gasteiger partial charge in [-0.05, 0) is 43.4 Å². The lowest BCUT2D eigenvalue weighted by molar-refractivity contribution is 0.229. The van der Waals surface area contributed by atoms with E-state index in [1.807, 2.05) is 0 Å². The van der Waals surface area contributed by atoms with E-state index in [1.54, 1.807) is 0 Å². The quantitative estimate of drug-likeness (QED) is 0.545. The summed E-state index contributed by atoms with van der Waals surface area (Å²) in [5, 5.41) is 0. The molecule has 68 valence electrons. The van der Waals surface area contributed by atoms with Crippen LogP contribution < -0.4 is 0 Å². The molecule has 0 saturated heterocycles. The fraction of sp³-hybridized carbons (Fsp3) is 0.833. The first-order chi connectivity index (χ1) is 5.92. The van der Waals surface area contributed by atoms with Gasteiger partial charge in [0, 0.05) is 0 Å². The summed E-state index contributed by atoms with van der Waals surface area (Å²) in [5.41, 5.74) is 0. The molecule has 3 atom stereocenters. The van der Waals surface area contributed by atoms with Crippen molar-refractivity contribution in [3.8, 4) is 0 Å². The lowest BCUT2D eigenvalue weighted by Gasteiger charge is -2.28. The van der Waals surface area contributed by atoms with Gasteiger partial charge in [-0.3, -0.25) is 0 Å². The Morgan fingerprint density at radius 1 is 1.08 bits per heavy atom. The molecule has 2 saturated carbocycles. The second-order valence-corrected chi connectivity index (χ2v) is 4.57. The Bertz CT molecular complexity index is 159. The highest BCUT2D eigenvalue weighted by Crippen LogP contribution is 2.47. The summed E-state index contributed by atoms with van der Waals surface area (Å²) >= 11 is 0. The third-order valence-corrected chi connectivity index (χ3v) is 3.95. The van der Waals surface area contributed by atoms with E-state index >= 15 is 0 Å². The van der Waals surface area contributed by atoms with Gasteiger partial charge in [0.2, 0.25) is 0 Å². The summed E-state index contributed by atoms with van der Waals surface area (Å²) in [6, 6.07) is 0. The minimum atomic E-state index is 1.01. The van der Waals surface area contributed by atoms with Crippen molar-refractivity contribution in [1.82, 2.24) is 0 Å². The van der Waals surface area contributed by atoms with Crippen molar-refractivity contribution in [2.24, 2.45) is 17.8 Å². The molecule has 2 rings (SSSR count). The van der Waals surface area contributed by atoms with Gasteiger partial charge in [-0.25, -0.2) is 0 Å². The molecule has 0 radical (unpaired) electrons. The lowest BCUT2D eigenvalue weighted by Crippen LogP contribution is -2.18. The molecule has 2 unspecified atom stereocenters. The van der Waals surface area contributed by atoms with Gasteiger partial charge in [0.25, 0.3) is 0 Å². The number of hydrogen-bond acceptors (Lipinski definition) is 0. The molecular formula is C12H20. The average molecular weight is 164 g/mol. The Balaban J connectivity index is 1.96. The molecule has 0 N–H and O–H groups in total. The third kappa shape index (κ3) is 1.44. The van der Waals surface area contributed by atoms with E-state index in [1.165, 1.54) is 44.9 Å². The van der Waals surface area contributed by atoms with Crippen LogP contribution in [0.25, 0.3) is 0 Å². The van der Waals surface area contributed by atoms with Crippen LogP contribution in [0.2, 0.25) is 0 Å². The summed E-state index contributed by atoms with van der Waals surface area (Å²) in [6.45, 7) is 3.86. The molecule has 2 fully saturated rings. The van der Waals surface area contributed by atoms with Crippen LogP contribution in [0.4, 0.5) is 0 Å². The van der Waals surface area contributed by atoms with Crippen LogP contribution >= 0.6 is 0 Å². The molecule has 0 nitrogen and oxygen atoms in total. The van der Waals surface area contributed by atoms with Crippen LogP contribution in [0.5, 0.6) is 0 Å². The van der Waals surface area contributed by atoms with Gasteiger partial charge in [0.05, 0.1) is 0 Å². The fourth-order valence-corrected chi connectivity index (χ4v) is 3.36. The summed E-state index contributed by atoms with van der Waals surface area (Å²) < 4.78 is 0. The number of allylic oxidation sites excluding steroid dienone is 1. The average Bonchev–Trinajstić information content (AvgIpc) is 2.50. The van der Waals surface area contributed by atoms with Crippen LogP contribution in [0.1, 0.15) is 44.9 Å². The Hall–Kier alpha value is -0.260. The monoisotopic (exact) mass is 164 g/mol. The Labute approximate surface area is 76.1 Å². The van der Waals surface area contributed by atoms with Crippen LogP contribution in [0, 0.1) is 17.8 Å². The van der Waals surface area contributed by atoms with Crippen LogP contribution in [0.15, 0.2) is 12.7 Å². The molecule has 0 bridgehead atoms. The molecule has 12 heavy (non-hydrogen) atoms. The van der Waals surface area contributed by atoms with Gasteiger partial charge < -0.3 is 0 Å². The molecule has 0 heteroatoms. The number of rotatable bonds is 2. The predicted octanol–water partition coefficient (Wildman–Crippen LogP) is 3.78. The second-order valence-electron chi connectivity index (χ2n) is 4.57. The molecule has 0 aliphatic heterocycles. The van der Waals surface area contributed by atoms with Gasteiger partial charge in [0.15, 0.2) is 0 Å². The number of fused-ring (bicyclic) bond motifs is 1. The van der Waals surface area contributed by atoms with Crippen molar-refractivity contribution in [2.45, 2.75) is 44.9 Å². The molecule has 0 heterocycles. The zero-order valence-corrected chi connectivity index (χ0v) is 7.97. The van der Waals surface area contributed by atoms with Gasteiger partial charge in [-0.2, -0.15) is 0 Å². The molecule has 2 aliphatic rings. The minimum absolute atomic E-state index is 1.01. The van der Waals surface area contributed by atoms with Gasteiger partial charge in [-0.1, -0.05) is 25.3 Å². The molecule has 0 amide bonds. The zero-order chi connectivity index (χ0) is 8.39. The van der Waals surface area contributed by atoms with Gasteiger partial charge >= 0.3 is 0 Å². The van der Waals surface area contributed by atoms with E-state index < -0.39 is 0 Å². The predicted molar refractivity (Wildman–Crippen MR) is 53.0 cm³/mol. The van der Waals surface area contributed by atoms with Crippen LogP contribution in [-0.2, 0) is 0 Å². The highest BCUT2D eigenvalue weighted by molar-refractivity contribution is 4.90. The van der Waals surface area contributed by atoms with E-state index in [0.29, 0.717) is 0 Å². The molecule has 2 aliphatic carbocycles. The van der Waals surface area contributed by atoms with E-state index in [9.17, 15) is 0 Å². The lowest BCUT2D eigenvalue weighted by atomic mass is 9.77. The first-order valence-corrected chi connectivity index (χ1v) is 5.52. The molecule has 0 aromatic rings. The van der Waals surface area contributed by atoms with E-state index in [0.717, 1.165) is 17.8 Å². The summed E-state index contributed by atoms with van der Waals surface area (Å²) in [7, 11) is 0. The molecule has 0 aromatic carbocycles. The van der Waals surface area contributed by atoms with Crippen LogP contribution in [-0.4, -0.2) is 0 Å². The first-order valence-electron chi connectivity index (χ1n) is 5.52. The maximum absolute atomic E-state index is 3.86. The van der Waals surface area contributed by atoms with Crippen molar-refractivity contribution in [3.63, 3.8) is 0 Å². The topological polar surface area (TPSA) is 0 Å². The van der Waals surface area contributed by atoms with Crippen LogP contribution in [0.3, 0.4) is 0 Å². The van der Waals surface area contributed by atoms with Gasteiger partial charge in [-0.15, -0.1) is 6.58 Å². The highest BCUT2D eigenvalue weighted by atomic mass is 14.4. The zero-order valence-electron chi connectivity index (χ0n) is 7.97. The van der Waals surface area contributed by atoms with E-state index in [4.69, 9.17) is 0 Å². The smallest absolute Gasteiger partial charge is 0.0322 e. The SMILES string of the molecule is C=CC[C@H]1CCC2CCCCC21. The van der Waals surface area contributed by atoms with E-state index in [2.05, 4.69) is 12.7 Å². The fourth-order valence-electron chi connectivity index (χ4n) is 3.36. The largest absolute Gasteiger partial charge is 0.103 e. The normalized spacial score (nSPS) is 40.8. The Morgan fingerprint density at radius 3 is 2.75 bits per heavy atom. The van der Waals surface area contributed by atoms with Gasteiger partial charge in [0.1, 0.15) is 0 Å². The second kappa shape index (κ2) is 3.64. The Morgan fingerprint density at radius 2 is 1.92 bits per heavy atom. The maximum Gasteiger partial charge on any atom is -0.0322 e. The minimum Gasteiger partial charge on any atom is -0.103 e. The Kier molecular flexibility index (Phi) is 2.53. The summed E-state index contributed by atoms with van der Waals surface area (Å²) in [6.07, 6.45) is 12.5. The highest BCUT2D eigenvalue weighted by Gasteiger charge is 2.36. The van der Waals surface area contributed by atoms with Crippen molar-refractivity contribution < 1.29 is 0 Å². The van der Waals surface area contributed by atoms with Crippen molar-refractivity contribution in [2.75, 3.05) is 0 Å². The maximum atomic E-state index is 3.86. The molecule has 0 aromatic heterocycles. The van der Waals surface area contributed by atoms with E-state index in [-0.39, 0.29) is 0 Å². The molecular weight excluding hydrogens is 144 g/mol. The molecule has 0 spiro atoms. The number of hydrogen-bond donors (Lipinski definition) is 0. The summed E-state index contributed by atoms with van der Waals surface area (Å²) in [4.78, 5) is 0.